The lowest BCUT2D eigenvalue weighted by Crippen LogP contribution is -2.21. The van der Waals surface area contributed by atoms with Crippen LogP contribution in [0.5, 0.6) is 0 Å². The van der Waals surface area contributed by atoms with E-state index < -0.39 is 0 Å². The van der Waals surface area contributed by atoms with Crippen LogP contribution in [-0.2, 0) is 16.0 Å². The van der Waals surface area contributed by atoms with Gasteiger partial charge < -0.3 is 10.6 Å². The molecule has 2 N–H and O–H groups in total. The molecule has 0 saturated carbocycles. The van der Waals surface area contributed by atoms with Crippen LogP contribution < -0.4 is 10.6 Å². The van der Waals surface area contributed by atoms with Crippen molar-refractivity contribution in [2.24, 2.45) is 0 Å². The number of carbonyl (C=O) groups is 2. The van der Waals surface area contributed by atoms with E-state index in [9.17, 15) is 9.59 Å². The molecule has 23 heavy (non-hydrogen) atoms. The maximum Gasteiger partial charge on any atom is 0.233 e. The van der Waals surface area contributed by atoms with Gasteiger partial charge >= 0.3 is 0 Å². The largest absolute Gasteiger partial charge is 0.326 e. The lowest BCUT2D eigenvalue weighted by atomic mass is 10.1. The number of hydrogen-bond donors (Lipinski definition) is 2. The molecule has 0 aliphatic rings. The van der Waals surface area contributed by atoms with E-state index in [1.165, 1.54) is 5.56 Å². The smallest absolute Gasteiger partial charge is 0.233 e. The Kier molecular flexibility index (Phi) is 5.93. The van der Waals surface area contributed by atoms with Crippen molar-refractivity contribution in [1.29, 1.82) is 0 Å². The summed E-state index contributed by atoms with van der Waals surface area (Å²) in [5.41, 5.74) is 3.63. The molecule has 0 fully saturated rings. The molecular formula is C18H19BrN2O2. The highest BCUT2D eigenvalue weighted by atomic mass is 79.9. The van der Waals surface area contributed by atoms with Gasteiger partial charge in [0.05, 0.1) is 0 Å². The highest BCUT2D eigenvalue weighted by Crippen LogP contribution is 2.20. The molecule has 0 saturated heterocycles. The average molecular weight is 375 g/mol. The monoisotopic (exact) mass is 374 g/mol. The second-order valence-electron chi connectivity index (χ2n) is 5.29. The van der Waals surface area contributed by atoms with Gasteiger partial charge in [-0.3, -0.25) is 9.59 Å². The Balaban J connectivity index is 1.88. The first-order chi connectivity index (χ1) is 11.0. The summed E-state index contributed by atoms with van der Waals surface area (Å²) in [6.07, 6.45) is 0.726. The van der Waals surface area contributed by atoms with Crippen LogP contribution in [0.4, 0.5) is 11.4 Å². The fourth-order valence-electron chi connectivity index (χ4n) is 2.05. The average Bonchev–Trinajstić information content (AvgIpc) is 2.51. The standard InChI is InChI=1S/C18H19BrN2O2/c1-3-13-5-8-14(9-6-13)20-17(22)11-18(23)21-15-7-4-12(2)16(19)10-15/h4-10H,3,11H2,1-2H3,(H,20,22)(H,21,23). The lowest BCUT2D eigenvalue weighted by Gasteiger charge is -2.08. The van der Waals surface area contributed by atoms with Gasteiger partial charge in [0.2, 0.25) is 11.8 Å². The molecule has 0 aromatic heterocycles. The molecule has 5 heteroatoms. The van der Waals surface area contributed by atoms with Crippen molar-refractivity contribution >= 4 is 39.1 Å². The summed E-state index contributed by atoms with van der Waals surface area (Å²) in [7, 11) is 0. The number of rotatable bonds is 5. The molecule has 0 bridgehead atoms. The van der Waals surface area contributed by atoms with E-state index in [1.54, 1.807) is 6.07 Å². The number of aryl methyl sites for hydroxylation is 2. The molecule has 0 spiro atoms. The van der Waals surface area contributed by atoms with Crippen LogP contribution in [0.2, 0.25) is 0 Å². The molecule has 0 atom stereocenters. The van der Waals surface area contributed by atoms with Gasteiger partial charge in [0.25, 0.3) is 0 Å². The number of nitrogens with one attached hydrogen (secondary N) is 2. The van der Waals surface area contributed by atoms with Crippen molar-refractivity contribution in [1.82, 2.24) is 0 Å². The third-order valence-corrected chi connectivity index (χ3v) is 4.28. The van der Waals surface area contributed by atoms with Crippen molar-refractivity contribution in [3.63, 3.8) is 0 Å². The summed E-state index contributed by atoms with van der Waals surface area (Å²) >= 11 is 3.41. The first-order valence-corrected chi connectivity index (χ1v) is 8.22. The van der Waals surface area contributed by atoms with Crippen LogP contribution >= 0.6 is 15.9 Å². The van der Waals surface area contributed by atoms with Crippen molar-refractivity contribution < 1.29 is 9.59 Å². The zero-order valence-electron chi connectivity index (χ0n) is 13.2. The van der Waals surface area contributed by atoms with Crippen molar-refractivity contribution in [2.45, 2.75) is 26.7 Å². The van der Waals surface area contributed by atoms with Crippen LogP contribution in [0, 0.1) is 6.92 Å². The summed E-state index contributed by atoms with van der Waals surface area (Å²) in [6, 6.07) is 13.1. The fraction of sp³-hybridized carbons (Fsp3) is 0.222. The Morgan fingerprint density at radius 2 is 1.52 bits per heavy atom. The number of anilines is 2. The number of carbonyl (C=O) groups excluding carboxylic acids is 2. The highest BCUT2D eigenvalue weighted by Gasteiger charge is 2.10. The highest BCUT2D eigenvalue weighted by molar-refractivity contribution is 9.10. The predicted molar refractivity (Wildman–Crippen MR) is 96.6 cm³/mol. The van der Waals surface area contributed by atoms with Crippen LogP contribution in [-0.4, -0.2) is 11.8 Å². The molecule has 0 aliphatic carbocycles. The molecule has 2 aromatic carbocycles. The van der Waals surface area contributed by atoms with E-state index in [0.29, 0.717) is 11.4 Å². The predicted octanol–water partition coefficient (Wildman–Crippen LogP) is 4.29. The SMILES string of the molecule is CCc1ccc(NC(=O)CC(=O)Nc2ccc(C)c(Br)c2)cc1. The molecule has 0 radical (unpaired) electrons. The van der Waals surface area contributed by atoms with Gasteiger partial charge in [-0.25, -0.2) is 0 Å². The Morgan fingerprint density at radius 3 is 2.09 bits per heavy atom. The van der Waals surface area contributed by atoms with Crippen molar-refractivity contribution in [2.75, 3.05) is 10.6 Å². The zero-order chi connectivity index (χ0) is 16.8. The molecule has 0 heterocycles. The number of halogens is 1. The lowest BCUT2D eigenvalue weighted by molar-refractivity contribution is -0.123. The fourth-order valence-corrected chi connectivity index (χ4v) is 2.43. The Bertz CT molecular complexity index is 711. The Labute approximate surface area is 144 Å². The van der Waals surface area contributed by atoms with Gasteiger partial charge in [0.15, 0.2) is 0 Å². The van der Waals surface area contributed by atoms with E-state index in [-0.39, 0.29) is 18.2 Å². The van der Waals surface area contributed by atoms with Crippen LogP contribution in [0.25, 0.3) is 0 Å². The molecule has 4 nitrogen and oxygen atoms in total. The van der Waals surface area contributed by atoms with Gasteiger partial charge in [0, 0.05) is 15.8 Å². The van der Waals surface area contributed by atoms with E-state index in [1.807, 2.05) is 43.3 Å². The maximum absolute atomic E-state index is 11.9. The minimum atomic E-state index is -0.344. The molecular weight excluding hydrogens is 356 g/mol. The maximum atomic E-state index is 11.9. The first-order valence-electron chi connectivity index (χ1n) is 7.42. The summed E-state index contributed by atoms with van der Waals surface area (Å²) in [4.78, 5) is 23.8. The number of benzene rings is 2. The number of amides is 2. The van der Waals surface area contributed by atoms with Gasteiger partial charge in [-0.05, 0) is 48.7 Å². The molecule has 2 aromatic rings. The van der Waals surface area contributed by atoms with E-state index >= 15 is 0 Å². The van der Waals surface area contributed by atoms with Gasteiger partial charge in [-0.2, -0.15) is 0 Å². The first kappa shape index (κ1) is 17.2. The quantitative estimate of drug-likeness (QED) is 0.766. The second-order valence-corrected chi connectivity index (χ2v) is 6.14. The summed E-state index contributed by atoms with van der Waals surface area (Å²) in [5.74, 6) is -0.679. The van der Waals surface area contributed by atoms with Crippen LogP contribution in [0.3, 0.4) is 0 Å². The summed E-state index contributed by atoms with van der Waals surface area (Å²) < 4.78 is 0.913. The van der Waals surface area contributed by atoms with Gasteiger partial charge in [0.1, 0.15) is 6.42 Å². The van der Waals surface area contributed by atoms with E-state index in [2.05, 4.69) is 33.5 Å². The van der Waals surface area contributed by atoms with Crippen LogP contribution in [0.15, 0.2) is 46.9 Å². The topological polar surface area (TPSA) is 58.2 Å². The van der Waals surface area contributed by atoms with Crippen LogP contribution in [0.1, 0.15) is 24.5 Å². The molecule has 2 rings (SSSR count). The summed E-state index contributed by atoms with van der Waals surface area (Å²) in [5, 5.41) is 5.44. The molecule has 120 valence electrons. The van der Waals surface area contributed by atoms with Crippen molar-refractivity contribution in [3.8, 4) is 0 Å². The van der Waals surface area contributed by atoms with Gasteiger partial charge in [-0.15, -0.1) is 0 Å². The third kappa shape index (κ3) is 5.21. The van der Waals surface area contributed by atoms with Crippen molar-refractivity contribution in [3.05, 3.63) is 58.1 Å². The Morgan fingerprint density at radius 1 is 0.957 bits per heavy atom. The van der Waals surface area contributed by atoms with E-state index in [4.69, 9.17) is 0 Å². The molecule has 2 amide bonds. The zero-order valence-corrected chi connectivity index (χ0v) is 14.7. The molecule has 0 aliphatic heterocycles. The third-order valence-electron chi connectivity index (χ3n) is 3.42. The van der Waals surface area contributed by atoms with Gasteiger partial charge in [-0.1, -0.05) is 41.1 Å². The number of hydrogen-bond acceptors (Lipinski definition) is 2. The normalized spacial score (nSPS) is 10.2. The summed E-state index contributed by atoms with van der Waals surface area (Å²) in [6.45, 7) is 4.04. The molecule has 0 unspecified atom stereocenters. The van der Waals surface area contributed by atoms with E-state index in [0.717, 1.165) is 16.5 Å². The minimum Gasteiger partial charge on any atom is -0.326 e. The minimum absolute atomic E-state index is 0.221. The Hall–Kier alpha value is -2.14. The second kappa shape index (κ2) is 7.92.